The second-order valence-corrected chi connectivity index (χ2v) is 29.2. The first-order valence-electron chi connectivity index (χ1n) is 30.2. The number of hydrogen-bond acceptors (Lipinski definition) is 8. The predicted octanol–water partition coefficient (Wildman–Crippen LogP) is 8.00. The van der Waals surface area contributed by atoms with Crippen molar-refractivity contribution >= 4 is 69.0 Å². The van der Waals surface area contributed by atoms with Gasteiger partial charge >= 0.3 is 29.6 Å². The number of Topliss-reactive ketones (excluding diaryl/α,β-unsaturated/α-hetero) is 6. The Morgan fingerprint density at radius 3 is 0.870 bits per heavy atom. The van der Waals surface area contributed by atoms with Crippen molar-refractivity contribution in [2.24, 2.45) is 0 Å². The van der Waals surface area contributed by atoms with E-state index >= 15 is 0 Å². The minimum atomic E-state index is -0.445. The van der Waals surface area contributed by atoms with E-state index in [0.717, 1.165) is 22.3 Å². The molecule has 0 amide bonds. The van der Waals surface area contributed by atoms with Gasteiger partial charge in [-0.1, -0.05) is 180 Å². The third kappa shape index (κ3) is 14.0. The molecule has 0 fully saturated rings. The molecule has 6 aromatic rings. The zero-order valence-corrected chi connectivity index (χ0v) is 64.5. The molecule has 2 heterocycles. The normalized spacial score (nSPS) is 17.3. The summed E-state index contributed by atoms with van der Waals surface area (Å²) in [5, 5.41) is 26.0. The number of carbonyl (C=O) groups excluding carboxylic acids is 6. The molecule has 2 aliphatic heterocycles. The van der Waals surface area contributed by atoms with Crippen LogP contribution in [0.5, 0.6) is 0 Å². The van der Waals surface area contributed by atoms with Crippen molar-refractivity contribution in [3.05, 3.63) is 234 Å². The van der Waals surface area contributed by atoms with Gasteiger partial charge in [-0.3, -0.25) is 28.8 Å². The molecular weight excluding hydrogens is 1340 g/mol. The van der Waals surface area contributed by atoms with Gasteiger partial charge in [0, 0.05) is 119 Å². The molecule has 10 nitrogen and oxygen atoms in total. The van der Waals surface area contributed by atoms with Crippen LogP contribution in [0.25, 0.3) is 11.5 Å². The Kier molecular flexibility index (Phi) is 22.9. The van der Waals surface area contributed by atoms with E-state index in [0.29, 0.717) is 44.5 Å². The van der Waals surface area contributed by atoms with Crippen LogP contribution in [-0.4, -0.2) is 69.4 Å². The van der Waals surface area contributed by atoms with Gasteiger partial charge in [-0.25, -0.2) is 9.15 Å². The van der Waals surface area contributed by atoms with E-state index in [1.54, 1.807) is 48.5 Å². The quantitative estimate of drug-likeness (QED) is 0.0556. The van der Waals surface area contributed by atoms with Crippen LogP contribution in [0, 0.1) is 0 Å². The average molecular weight is 1430 g/mol. The van der Waals surface area contributed by atoms with Crippen molar-refractivity contribution in [1.82, 2.24) is 0 Å². The summed E-state index contributed by atoms with van der Waals surface area (Å²) in [6.07, 6.45) is 2.39. The van der Waals surface area contributed by atoms with Crippen molar-refractivity contribution in [3.8, 4) is 0 Å². The summed E-state index contributed by atoms with van der Waals surface area (Å²) in [5.41, 5.74) is 14.0. The molecule has 12 rings (SSSR count). The Bertz CT molecular complexity index is 4040. The zero-order valence-electron chi connectivity index (χ0n) is 57.2. The fourth-order valence-electron chi connectivity index (χ4n) is 12.2. The maximum atomic E-state index is 13.0. The van der Waals surface area contributed by atoms with Gasteiger partial charge in [0.15, 0.2) is 46.1 Å². The second-order valence-electron chi connectivity index (χ2n) is 29.2. The van der Waals surface area contributed by atoms with Gasteiger partial charge in [-0.2, -0.15) is 0 Å². The van der Waals surface area contributed by atoms with Crippen LogP contribution < -0.4 is 63.7 Å². The van der Waals surface area contributed by atoms with E-state index in [1.807, 2.05) is 107 Å². The van der Waals surface area contributed by atoms with Gasteiger partial charge < -0.3 is 10.2 Å². The summed E-state index contributed by atoms with van der Waals surface area (Å²) < 4.78 is 4.57. The first-order chi connectivity index (χ1) is 40.7. The zero-order chi connectivity index (χ0) is 65.0. The molecule has 0 atom stereocenters. The van der Waals surface area contributed by atoms with Gasteiger partial charge in [0.25, 0.3) is 0 Å². The smallest absolute Gasteiger partial charge is 0.872 e. The van der Waals surface area contributed by atoms with Crippen LogP contribution in [-0.2, 0) is 69.6 Å². The molecule has 0 spiro atoms. The fraction of sp³-hybridized carbons (Fsp3) is 0.333. The first kappa shape index (κ1) is 76.8. The maximum Gasteiger partial charge on any atom is 1.00 e. The molecule has 6 aromatic carbocycles. The van der Waals surface area contributed by atoms with Crippen molar-refractivity contribution < 1.29 is 139 Å². The number of allylic oxidation sites excluding steroid dienone is 6. The Morgan fingerprint density at radius 2 is 0.609 bits per heavy atom. The Morgan fingerprint density at radius 1 is 0.370 bits per heavy atom. The van der Waals surface area contributed by atoms with E-state index in [2.05, 4.69) is 113 Å². The molecule has 14 heteroatoms. The van der Waals surface area contributed by atoms with Crippen LogP contribution in [0.3, 0.4) is 0 Å². The third-order valence-corrected chi connectivity index (χ3v) is 18.7. The van der Waals surface area contributed by atoms with Crippen LogP contribution in [0.1, 0.15) is 231 Å². The number of nitrogens with zero attached hydrogens (tertiary/aromatic N) is 2. The molecule has 0 N–H and O–H groups in total. The second kappa shape index (κ2) is 27.5. The van der Waals surface area contributed by atoms with E-state index in [-0.39, 0.29) is 145 Å². The van der Waals surface area contributed by atoms with Crippen molar-refractivity contribution in [2.45, 2.75) is 157 Å². The molecule has 0 unspecified atom stereocenters. The fourth-order valence-corrected chi connectivity index (χ4v) is 12.2. The van der Waals surface area contributed by atoms with Gasteiger partial charge in [-0.15, -0.1) is 0 Å². The Balaban J connectivity index is 0.000000235. The topological polar surface area (TPSA) is 155 Å². The van der Waals surface area contributed by atoms with Crippen molar-refractivity contribution in [1.29, 1.82) is 0 Å². The van der Waals surface area contributed by atoms with Gasteiger partial charge in [0.05, 0.1) is 22.0 Å². The van der Waals surface area contributed by atoms with E-state index in [1.165, 1.54) is 46.1 Å². The first-order valence-corrected chi connectivity index (χ1v) is 30.2. The van der Waals surface area contributed by atoms with Crippen LogP contribution in [0.4, 0.5) is 11.4 Å². The van der Waals surface area contributed by atoms with Gasteiger partial charge in [0.1, 0.15) is 14.1 Å². The van der Waals surface area contributed by atoms with Crippen LogP contribution in [0.2, 0.25) is 0 Å². The van der Waals surface area contributed by atoms with Gasteiger partial charge in [-0.05, 0) is 119 Å². The van der Waals surface area contributed by atoms with E-state index in [4.69, 9.17) is 0 Å². The summed E-state index contributed by atoms with van der Waals surface area (Å²) in [4.78, 5) is 77.7. The van der Waals surface area contributed by atoms with Gasteiger partial charge in [0.2, 0.25) is 35.4 Å². The third-order valence-electron chi connectivity index (χ3n) is 18.7. The maximum absolute atomic E-state index is 13.0. The number of fused-ring (bicyclic) bond motifs is 6. The minimum Gasteiger partial charge on any atom is -0.872 e. The summed E-state index contributed by atoms with van der Waals surface area (Å²) in [7, 11) is 4.28. The molecule has 0 aromatic heterocycles. The number of rotatable bonds is 2. The number of ketones is 6. The van der Waals surface area contributed by atoms with Crippen LogP contribution in [0.15, 0.2) is 156 Å². The molecule has 0 bridgehead atoms. The molecule has 470 valence electrons. The summed E-state index contributed by atoms with van der Waals surface area (Å²) in [6, 6.07) is 38.2. The number of para-hydroxylation sites is 2. The standard InChI is InChI=1S/2C27H26O4.2C12H16N.H2I.Na.2V/c2*1-26(2,3)14-7-9-16-18(11-14)24(30)20(22(16)28)13-21-23(29)17-10-8-15(27(4,5)6)12-19(17)25(21)31;2*1-9-12(2,3)10-7-5-6-8-11(10)13(9)4;;;;/h2*7-13,30H,1-6H3;2*5-8H,1-4H3;1H2;;;/q;;4*+1;;/p-2/b2*21-13+;;;;;;. The Labute approximate surface area is 607 Å². The minimum absolute atomic E-state index is 0. The number of benzene rings is 6. The molecule has 92 heavy (non-hydrogen) atoms. The average Bonchev–Trinajstić information content (AvgIpc) is 1.64. The Hall–Kier alpha value is -5.86. The van der Waals surface area contributed by atoms with Crippen molar-refractivity contribution in [2.75, 3.05) is 14.1 Å². The van der Waals surface area contributed by atoms with Crippen molar-refractivity contribution in [3.63, 3.8) is 0 Å². The molecule has 4 aliphatic carbocycles. The summed E-state index contributed by atoms with van der Waals surface area (Å²) >= 11 is 0. The summed E-state index contributed by atoms with van der Waals surface area (Å²) in [5.74, 6) is -3.54. The molecule has 0 saturated carbocycles. The molecule has 2 radical (unpaired) electrons. The number of halogens is 1. The monoisotopic (exact) mass is 1430 g/mol. The molecule has 6 aliphatic rings. The number of carbonyl (C=O) groups is 6. The van der Waals surface area contributed by atoms with E-state index in [9.17, 15) is 39.0 Å². The summed E-state index contributed by atoms with van der Waals surface area (Å²) in [6.45, 7) is 37.9. The van der Waals surface area contributed by atoms with E-state index < -0.39 is 46.2 Å². The SMILES string of the molecule is CC(C)(C)c1ccc2c(c1)C(=O)/C(=C/C1=C([O-])c3cc(C(C)(C)C)ccc3C1=O)C2=O.CC(C)(C)c1ccc2c(c1)C(=O)/C(=C/C1=C([O-])c3cc(C(C)(C)C)ccc3C1=O)C2=O.CC1=[N+](C)c2ccccc2C1(C)C.CC1=[N+](C)c2ccccc2C1(C)C.[IH2+].[Na+].[V].[V]. The number of hydrogen-bond donors (Lipinski definition) is 0. The molecular formula is C78H84IN2NaO8V2+2. The molecule has 0 saturated heterocycles. The predicted molar refractivity (Wildman–Crippen MR) is 351 cm³/mol. The van der Waals surface area contributed by atoms with Crippen LogP contribution >= 0.6 is 0 Å². The largest absolute Gasteiger partial charge is 1.00 e.